The molecule has 2 aromatic rings. The van der Waals surface area contributed by atoms with Crippen molar-refractivity contribution in [2.45, 2.75) is 26.2 Å². The lowest BCUT2D eigenvalue weighted by atomic mass is 9.87. The van der Waals surface area contributed by atoms with Crippen molar-refractivity contribution >= 4 is 5.84 Å². The third-order valence-electron chi connectivity index (χ3n) is 3.19. The SMILES string of the molecule is CC(C)(C)c1ccc(Oc2ccc(C(=N)N)cc2F)cc1. The number of rotatable bonds is 3. The summed E-state index contributed by atoms with van der Waals surface area (Å²) in [5.74, 6) is -0.0291. The van der Waals surface area contributed by atoms with Crippen molar-refractivity contribution in [3.63, 3.8) is 0 Å². The highest BCUT2D eigenvalue weighted by molar-refractivity contribution is 5.95. The van der Waals surface area contributed by atoms with Gasteiger partial charge in [-0.05, 0) is 41.3 Å². The van der Waals surface area contributed by atoms with E-state index in [0.717, 1.165) is 0 Å². The summed E-state index contributed by atoms with van der Waals surface area (Å²) in [6.07, 6.45) is 0. The molecule has 0 radical (unpaired) electrons. The van der Waals surface area contributed by atoms with E-state index in [1.165, 1.54) is 17.7 Å². The first-order chi connectivity index (χ1) is 9.77. The van der Waals surface area contributed by atoms with Gasteiger partial charge >= 0.3 is 0 Å². The predicted octanol–water partition coefficient (Wildman–Crippen LogP) is 4.20. The van der Waals surface area contributed by atoms with Gasteiger partial charge in [0.1, 0.15) is 11.6 Å². The maximum atomic E-state index is 13.9. The van der Waals surface area contributed by atoms with Gasteiger partial charge in [-0.2, -0.15) is 0 Å². The Hall–Kier alpha value is -2.36. The van der Waals surface area contributed by atoms with Gasteiger partial charge in [-0.1, -0.05) is 32.9 Å². The largest absolute Gasteiger partial charge is 0.454 e. The molecule has 0 saturated carbocycles. The van der Waals surface area contributed by atoms with Gasteiger partial charge in [-0.15, -0.1) is 0 Å². The van der Waals surface area contributed by atoms with Crippen LogP contribution >= 0.6 is 0 Å². The third-order valence-corrected chi connectivity index (χ3v) is 3.19. The molecule has 0 fully saturated rings. The van der Waals surface area contributed by atoms with Gasteiger partial charge in [0.2, 0.25) is 0 Å². The van der Waals surface area contributed by atoms with Crippen molar-refractivity contribution < 1.29 is 9.13 Å². The summed E-state index contributed by atoms with van der Waals surface area (Å²) in [5.41, 5.74) is 6.90. The van der Waals surface area contributed by atoms with Crippen LogP contribution in [0.4, 0.5) is 4.39 Å². The second-order valence-corrected chi connectivity index (χ2v) is 5.94. The van der Waals surface area contributed by atoms with Crippen LogP contribution in [0.2, 0.25) is 0 Å². The Morgan fingerprint density at radius 3 is 2.19 bits per heavy atom. The lowest BCUT2D eigenvalue weighted by Gasteiger charge is -2.19. The molecule has 110 valence electrons. The van der Waals surface area contributed by atoms with Crippen LogP contribution < -0.4 is 10.5 Å². The molecule has 0 heterocycles. The van der Waals surface area contributed by atoms with Gasteiger partial charge in [0.05, 0.1) is 0 Å². The summed E-state index contributed by atoms with van der Waals surface area (Å²) >= 11 is 0. The minimum Gasteiger partial charge on any atom is -0.454 e. The molecule has 0 amide bonds. The third kappa shape index (κ3) is 3.60. The molecule has 0 spiro atoms. The lowest BCUT2D eigenvalue weighted by Crippen LogP contribution is -2.11. The van der Waals surface area contributed by atoms with Crippen molar-refractivity contribution in [2.75, 3.05) is 0 Å². The predicted molar refractivity (Wildman–Crippen MR) is 82.6 cm³/mol. The first-order valence-corrected chi connectivity index (χ1v) is 6.70. The Balaban J connectivity index is 2.20. The second kappa shape index (κ2) is 5.56. The average Bonchev–Trinajstić information content (AvgIpc) is 2.40. The van der Waals surface area contributed by atoms with Crippen LogP contribution in [-0.4, -0.2) is 5.84 Å². The number of halogens is 1. The maximum Gasteiger partial charge on any atom is 0.166 e. The monoisotopic (exact) mass is 286 g/mol. The number of nitrogens with one attached hydrogen (secondary N) is 1. The number of nitrogen functional groups attached to an aromatic ring is 1. The summed E-state index contributed by atoms with van der Waals surface area (Å²) in [6.45, 7) is 6.38. The van der Waals surface area contributed by atoms with Crippen molar-refractivity contribution in [2.24, 2.45) is 5.73 Å². The van der Waals surface area contributed by atoms with Crippen LogP contribution in [0.1, 0.15) is 31.9 Å². The number of amidine groups is 1. The summed E-state index contributed by atoms with van der Waals surface area (Å²) in [6, 6.07) is 11.8. The van der Waals surface area contributed by atoms with Crippen molar-refractivity contribution in [1.29, 1.82) is 5.41 Å². The van der Waals surface area contributed by atoms with Crippen LogP contribution in [0.25, 0.3) is 0 Å². The molecular weight excluding hydrogens is 267 g/mol. The Morgan fingerprint density at radius 2 is 1.71 bits per heavy atom. The first kappa shape index (κ1) is 15.0. The second-order valence-electron chi connectivity index (χ2n) is 5.94. The fraction of sp³-hybridized carbons (Fsp3) is 0.235. The molecule has 21 heavy (non-hydrogen) atoms. The topological polar surface area (TPSA) is 59.1 Å². The molecule has 0 saturated heterocycles. The quantitative estimate of drug-likeness (QED) is 0.656. The van der Waals surface area contributed by atoms with Crippen molar-refractivity contribution in [3.05, 3.63) is 59.4 Å². The van der Waals surface area contributed by atoms with E-state index < -0.39 is 5.82 Å². The molecule has 0 bridgehead atoms. The van der Waals surface area contributed by atoms with E-state index in [0.29, 0.717) is 11.3 Å². The summed E-state index contributed by atoms with van der Waals surface area (Å²) in [5, 5.41) is 7.28. The van der Waals surface area contributed by atoms with E-state index >= 15 is 0 Å². The standard InChI is InChI=1S/C17H19FN2O/c1-17(2,3)12-5-7-13(8-6-12)21-15-9-4-11(16(19)20)10-14(15)18/h4-10H,1-3H3,(H3,19,20). The number of nitrogens with two attached hydrogens (primary N) is 1. The van der Waals surface area contributed by atoms with Gasteiger partial charge in [-0.3, -0.25) is 5.41 Å². The van der Waals surface area contributed by atoms with Crippen LogP contribution in [-0.2, 0) is 5.41 Å². The van der Waals surface area contributed by atoms with E-state index in [-0.39, 0.29) is 17.0 Å². The molecule has 4 heteroatoms. The van der Waals surface area contributed by atoms with Gasteiger partial charge in [0, 0.05) is 5.56 Å². The highest BCUT2D eigenvalue weighted by atomic mass is 19.1. The Morgan fingerprint density at radius 1 is 1.10 bits per heavy atom. The van der Waals surface area contributed by atoms with Crippen LogP contribution in [0.5, 0.6) is 11.5 Å². The molecule has 0 aromatic heterocycles. The molecule has 0 aliphatic carbocycles. The van der Waals surface area contributed by atoms with E-state index in [2.05, 4.69) is 20.8 Å². The highest BCUT2D eigenvalue weighted by Crippen LogP contribution is 2.28. The normalized spacial score (nSPS) is 11.2. The zero-order valence-corrected chi connectivity index (χ0v) is 12.4. The Labute approximate surface area is 124 Å². The Bertz CT molecular complexity index is 657. The maximum absolute atomic E-state index is 13.9. The summed E-state index contributed by atoms with van der Waals surface area (Å²) < 4.78 is 19.4. The fourth-order valence-corrected chi connectivity index (χ4v) is 1.90. The highest BCUT2D eigenvalue weighted by Gasteiger charge is 2.13. The zero-order chi connectivity index (χ0) is 15.6. The van der Waals surface area contributed by atoms with Crippen molar-refractivity contribution in [1.82, 2.24) is 0 Å². The van der Waals surface area contributed by atoms with Crippen LogP contribution in [0.3, 0.4) is 0 Å². The number of ether oxygens (including phenoxy) is 1. The van der Waals surface area contributed by atoms with Crippen molar-refractivity contribution in [3.8, 4) is 11.5 Å². The zero-order valence-electron chi connectivity index (χ0n) is 12.4. The number of hydrogen-bond donors (Lipinski definition) is 2. The van der Waals surface area contributed by atoms with Crippen LogP contribution in [0.15, 0.2) is 42.5 Å². The average molecular weight is 286 g/mol. The van der Waals surface area contributed by atoms with E-state index in [9.17, 15) is 4.39 Å². The van der Waals surface area contributed by atoms with Gasteiger partial charge < -0.3 is 10.5 Å². The minimum atomic E-state index is -0.539. The molecule has 0 unspecified atom stereocenters. The minimum absolute atomic E-state index is 0.0624. The Kier molecular flexibility index (Phi) is 3.98. The molecule has 3 N–H and O–H groups in total. The molecule has 2 aromatic carbocycles. The molecule has 0 atom stereocenters. The number of hydrogen-bond acceptors (Lipinski definition) is 2. The molecule has 0 aliphatic heterocycles. The van der Waals surface area contributed by atoms with Gasteiger partial charge in [0.15, 0.2) is 11.6 Å². The van der Waals surface area contributed by atoms with E-state index in [1.807, 2.05) is 24.3 Å². The first-order valence-electron chi connectivity index (χ1n) is 6.70. The lowest BCUT2D eigenvalue weighted by molar-refractivity contribution is 0.441. The smallest absolute Gasteiger partial charge is 0.166 e. The summed E-state index contributed by atoms with van der Waals surface area (Å²) in [4.78, 5) is 0. The fourth-order valence-electron chi connectivity index (χ4n) is 1.90. The van der Waals surface area contributed by atoms with Gasteiger partial charge in [0.25, 0.3) is 0 Å². The number of benzene rings is 2. The molecular formula is C17H19FN2O. The molecule has 0 aliphatic rings. The molecule has 3 nitrogen and oxygen atoms in total. The summed E-state index contributed by atoms with van der Waals surface area (Å²) in [7, 11) is 0. The van der Waals surface area contributed by atoms with Crippen LogP contribution in [0, 0.1) is 11.2 Å². The molecule has 2 rings (SSSR count). The van der Waals surface area contributed by atoms with Gasteiger partial charge in [-0.25, -0.2) is 4.39 Å². The van der Waals surface area contributed by atoms with E-state index in [4.69, 9.17) is 15.9 Å². The van der Waals surface area contributed by atoms with E-state index in [1.54, 1.807) is 6.07 Å².